The molecule has 1 rings (SSSR count). The van der Waals surface area contributed by atoms with Crippen molar-refractivity contribution in [2.45, 2.75) is 33.1 Å². The second-order valence-corrected chi connectivity index (χ2v) is 5.57. The summed E-state index contributed by atoms with van der Waals surface area (Å²) in [6.07, 6.45) is 2.05. The molecule has 0 saturated heterocycles. The first-order valence-electron chi connectivity index (χ1n) is 6.64. The van der Waals surface area contributed by atoms with Gasteiger partial charge in [0.25, 0.3) is 0 Å². The molecule has 0 radical (unpaired) electrons. The Bertz CT molecular complexity index is 434. The number of hydrogen-bond acceptors (Lipinski definition) is 2. The van der Waals surface area contributed by atoms with Crippen LogP contribution >= 0.6 is 11.6 Å². The van der Waals surface area contributed by atoms with Gasteiger partial charge in [0.1, 0.15) is 5.82 Å². The van der Waals surface area contributed by atoms with Crippen molar-refractivity contribution >= 4 is 17.4 Å². The van der Waals surface area contributed by atoms with E-state index >= 15 is 0 Å². The highest BCUT2D eigenvalue weighted by atomic mass is 35.5. The standard InChI is InChI=1S/C15H21ClFNO/c1-10(2)11(7-8-18)3-6-15(19)13-9-12(17)4-5-14(13)16/h4-5,9-11H,3,6-8,18H2,1-2H3. The average molecular weight is 286 g/mol. The maximum absolute atomic E-state index is 13.1. The van der Waals surface area contributed by atoms with E-state index in [0.717, 1.165) is 12.8 Å². The highest BCUT2D eigenvalue weighted by Gasteiger charge is 2.17. The summed E-state index contributed by atoms with van der Waals surface area (Å²) in [5.74, 6) is 0.364. The molecule has 0 amide bonds. The molecule has 1 aromatic rings. The molecule has 0 aromatic heterocycles. The van der Waals surface area contributed by atoms with E-state index in [9.17, 15) is 9.18 Å². The zero-order chi connectivity index (χ0) is 14.4. The molecule has 1 atom stereocenters. The van der Waals surface area contributed by atoms with Gasteiger partial charge >= 0.3 is 0 Å². The number of carbonyl (C=O) groups excluding carboxylic acids is 1. The molecular formula is C15H21ClFNO. The van der Waals surface area contributed by atoms with Crippen molar-refractivity contribution in [3.05, 3.63) is 34.6 Å². The molecule has 1 aromatic carbocycles. The fourth-order valence-electron chi connectivity index (χ4n) is 2.19. The molecule has 0 heterocycles. The summed E-state index contributed by atoms with van der Waals surface area (Å²) in [7, 11) is 0. The van der Waals surface area contributed by atoms with Gasteiger partial charge < -0.3 is 5.73 Å². The van der Waals surface area contributed by atoms with Gasteiger partial charge in [0.15, 0.2) is 5.78 Å². The lowest BCUT2D eigenvalue weighted by Gasteiger charge is -2.19. The predicted octanol–water partition coefficient (Wildman–Crippen LogP) is 4.06. The molecule has 2 N–H and O–H groups in total. The Morgan fingerprint density at radius 3 is 2.63 bits per heavy atom. The summed E-state index contributed by atoms with van der Waals surface area (Å²) >= 11 is 5.92. The second kappa shape index (κ2) is 7.61. The topological polar surface area (TPSA) is 43.1 Å². The van der Waals surface area contributed by atoms with Crippen LogP contribution in [0, 0.1) is 17.7 Å². The monoisotopic (exact) mass is 285 g/mol. The van der Waals surface area contributed by atoms with Crippen molar-refractivity contribution in [2.75, 3.05) is 6.54 Å². The van der Waals surface area contributed by atoms with Gasteiger partial charge in [-0.05, 0) is 49.4 Å². The third-order valence-corrected chi connectivity index (χ3v) is 3.78. The van der Waals surface area contributed by atoms with E-state index in [1.165, 1.54) is 18.2 Å². The Kier molecular flexibility index (Phi) is 6.46. The van der Waals surface area contributed by atoms with E-state index < -0.39 is 5.82 Å². The predicted molar refractivity (Wildman–Crippen MR) is 77.0 cm³/mol. The SMILES string of the molecule is CC(C)C(CCN)CCC(=O)c1cc(F)ccc1Cl. The number of nitrogens with two attached hydrogens (primary N) is 1. The maximum Gasteiger partial charge on any atom is 0.164 e. The van der Waals surface area contributed by atoms with Crippen molar-refractivity contribution in [1.82, 2.24) is 0 Å². The fourth-order valence-corrected chi connectivity index (χ4v) is 2.41. The van der Waals surface area contributed by atoms with Crippen LogP contribution in [0.5, 0.6) is 0 Å². The molecule has 106 valence electrons. The summed E-state index contributed by atoms with van der Waals surface area (Å²) in [6.45, 7) is 4.87. The van der Waals surface area contributed by atoms with E-state index in [1.54, 1.807) is 0 Å². The van der Waals surface area contributed by atoms with Crippen molar-refractivity contribution in [3.8, 4) is 0 Å². The minimum Gasteiger partial charge on any atom is -0.330 e. The summed E-state index contributed by atoms with van der Waals surface area (Å²) in [4.78, 5) is 12.1. The van der Waals surface area contributed by atoms with Gasteiger partial charge in [0, 0.05) is 12.0 Å². The quantitative estimate of drug-likeness (QED) is 0.768. The molecule has 0 aliphatic rings. The second-order valence-electron chi connectivity index (χ2n) is 5.17. The van der Waals surface area contributed by atoms with Gasteiger partial charge in [-0.25, -0.2) is 4.39 Å². The third-order valence-electron chi connectivity index (χ3n) is 3.45. The van der Waals surface area contributed by atoms with Crippen LogP contribution in [0.1, 0.15) is 43.5 Å². The van der Waals surface area contributed by atoms with Gasteiger partial charge in [-0.1, -0.05) is 25.4 Å². The summed E-state index contributed by atoms with van der Waals surface area (Å²) < 4.78 is 13.1. The van der Waals surface area contributed by atoms with E-state index in [2.05, 4.69) is 13.8 Å². The van der Waals surface area contributed by atoms with Crippen LogP contribution in [0.2, 0.25) is 5.02 Å². The summed E-state index contributed by atoms with van der Waals surface area (Å²) in [5.41, 5.74) is 5.85. The third kappa shape index (κ3) is 4.92. The number of benzene rings is 1. The maximum atomic E-state index is 13.1. The minimum absolute atomic E-state index is 0.104. The van der Waals surface area contributed by atoms with Crippen LogP contribution in [0.3, 0.4) is 0 Å². The Hall–Kier alpha value is -0.930. The van der Waals surface area contributed by atoms with Gasteiger partial charge in [-0.15, -0.1) is 0 Å². The summed E-state index contributed by atoms with van der Waals surface area (Å²) in [5, 5.41) is 0.311. The molecule has 19 heavy (non-hydrogen) atoms. The van der Waals surface area contributed by atoms with Gasteiger partial charge in [0.2, 0.25) is 0 Å². The molecule has 0 aliphatic heterocycles. The lowest BCUT2D eigenvalue weighted by molar-refractivity contribution is 0.0968. The highest BCUT2D eigenvalue weighted by Crippen LogP contribution is 2.24. The van der Waals surface area contributed by atoms with E-state index in [-0.39, 0.29) is 11.3 Å². The zero-order valence-electron chi connectivity index (χ0n) is 11.5. The van der Waals surface area contributed by atoms with Crippen molar-refractivity contribution in [3.63, 3.8) is 0 Å². The number of halogens is 2. The lowest BCUT2D eigenvalue weighted by atomic mass is 9.87. The van der Waals surface area contributed by atoms with Crippen LogP contribution in [0.15, 0.2) is 18.2 Å². The zero-order valence-corrected chi connectivity index (χ0v) is 12.2. The van der Waals surface area contributed by atoms with Gasteiger partial charge in [-0.2, -0.15) is 0 Å². The lowest BCUT2D eigenvalue weighted by Crippen LogP contribution is -2.16. The van der Waals surface area contributed by atoms with Crippen molar-refractivity contribution in [1.29, 1.82) is 0 Å². The molecule has 0 aliphatic carbocycles. The number of Topliss-reactive ketones (excluding diaryl/α,β-unsaturated/α-hetero) is 1. The number of hydrogen-bond donors (Lipinski definition) is 1. The molecule has 2 nitrogen and oxygen atoms in total. The average Bonchev–Trinajstić information content (AvgIpc) is 2.36. The van der Waals surface area contributed by atoms with E-state index in [4.69, 9.17) is 17.3 Å². The van der Waals surface area contributed by atoms with Crippen LogP contribution in [0.25, 0.3) is 0 Å². The first-order valence-corrected chi connectivity index (χ1v) is 7.01. The smallest absolute Gasteiger partial charge is 0.164 e. The molecule has 0 saturated carbocycles. The van der Waals surface area contributed by atoms with Gasteiger partial charge in [0.05, 0.1) is 5.02 Å². The van der Waals surface area contributed by atoms with Crippen LogP contribution in [-0.2, 0) is 0 Å². The van der Waals surface area contributed by atoms with Crippen molar-refractivity contribution in [2.24, 2.45) is 17.6 Å². The Morgan fingerprint density at radius 2 is 2.05 bits per heavy atom. The largest absolute Gasteiger partial charge is 0.330 e. The number of ketones is 1. The minimum atomic E-state index is -0.435. The molecule has 1 unspecified atom stereocenters. The first-order chi connectivity index (χ1) is 8.95. The van der Waals surface area contributed by atoms with Crippen molar-refractivity contribution < 1.29 is 9.18 Å². The highest BCUT2D eigenvalue weighted by molar-refractivity contribution is 6.33. The molecule has 0 bridgehead atoms. The van der Waals surface area contributed by atoms with Gasteiger partial charge in [-0.3, -0.25) is 4.79 Å². The molecule has 0 spiro atoms. The number of rotatable bonds is 7. The van der Waals surface area contributed by atoms with Crippen LogP contribution in [0.4, 0.5) is 4.39 Å². The fraction of sp³-hybridized carbons (Fsp3) is 0.533. The molecule has 4 heteroatoms. The Balaban J connectivity index is 2.66. The van der Waals surface area contributed by atoms with Crippen LogP contribution in [-0.4, -0.2) is 12.3 Å². The Labute approximate surface area is 119 Å². The first kappa shape index (κ1) is 16.1. The van der Waals surface area contributed by atoms with E-state index in [1.807, 2.05) is 0 Å². The van der Waals surface area contributed by atoms with E-state index in [0.29, 0.717) is 29.8 Å². The molecule has 0 fully saturated rings. The Morgan fingerprint density at radius 1 is 1.37 bits per heavy atom. The van der Waals surface area contributed by atoms with Crippen LogP contribution < -0.4 is 5.73 Å². The molecular weight excluding hydrogens is 265 g/mol. The summed E-state index contributed by atoms with van der Waals surface area (Å²) in [6, 6.07) is 3.88. The number of carbonyl (C=O) groups is 1. The normalized spacial score (nSPS) is 12.7.